The Morgan fingerprint density at radius 3 is 2.71 bits per heavy atom. The van der Waals surface area contributed by atoms with Crippen LogP contribution >= 0.6 is 11.3 Å². The summed E-state index contributed by atoms with van der Waals surface area (Å²) in [4.78, 5) is 18.9. The number of benzene rings is 2. The summed E-state index contributed by atoms with van der Waals surface area (Å²) in [6.45, 7) is 0. The number of nitrogens with zero attached hydrogens (tertiary/aromatic N) is 2. The highest BCUT2D eigenvalue weighted by molar-refractivity contribution is 7.18. The van der Waals surface area contributed by atoms with Gasteiger partial charge in [-0.2, -0.15) is 0 Å². The molecular weight excluding hydrogens is 280 g/mol. The molecule has 0 amide bonds. The van der Waals surface area contributed by atoms with Crippen LogP contribution in [0, 0.1) is 0 Å². The maximum absolute atomic E-state index is 12.4. The highest BCUT2D eigenvalue weighted by atomic mass is 32.1. The number of carbonyl (C=O) groups excluding carboxylic acids is 1. The molecule has 0 saturated heterocycles. The summed E-state index contributed by atoms with van der Waals surface area (Å²) >= 11 is 1.59. The molecule has 0 unspecified atom stereocenters. The van der Waals surface area contributed by atoms with Crippen molar-refractivity contribution in [2.45, 2.75) is 6.42 Å². The Hall–Kier alpha value is -2.20. The number of rotatable bonds is 4. The number of hydrogen-bond acceptors (Lipinski definition) is 4. The SMILES string of the molecule is CN(C)c1cccc(C(=O)Cc2nc3ccccc3s2)c1. The molecule has 0 spiro atoms. The molecule has 0 aliphatic heterocycles. The Kier molecular flexibility index (Phi) is 3.71. The van der Waals surface area contributed by atoms with Crippen molar-refractivity contribution in [3.63, 3.8) is 0 Å². The molecule has 106 valence electrons. The molecule has 0 radical (unpaired) electrons. The molecule has 21 heavy (non-hydrogen) atoms. The fraction of sp³-hybridized carbons (Fsp3) is 0.176. The summed E-state index contributed by atoms with van der Waals surface area (Å²) in [6.07, 6.45) is 0.357. The third-order valence-corrected chi connectivity index (χ3v) is 4.37. The first-order chi connectivity index (χ1) is 10.1. The van der Waals surface area contributed by atoms with E-state index in [2.05, 4.69) is 4.98 Å². The number of hydrogen-bond donors (Lipinski definition) is 0. The average molecular weight is 296 g/mol. The van der Waals surface area contributed by atoms with Crippen LogP contribution in [-0.2, 0) is 6.42 Å². The summed E-state index contributed by atoms with van der Waals surface area (Å²) in [5, 5.41) is 0.872. The van der Waals surface area contributed by atoms with E-state index in [1.807, 2.05) is 67.5 Å². The first kappa shape index (κ1) is 13.8. The van der Waals surface area contributed by atoms with E-state index in [0.29, 0.717) is 6.42 Å². The summed E-state index contributed by atoms with van der Waals surface area (Å²) in [7, 11) is 3.94. The minimum atomic E-state index is 0.109. The lowest BCUT2D eigenvalue weighted by Gasteiger charge is -2.12. The molecule has 0 atom stereocenters. The normalized spacial score (nSPS) is 10.8. The minimum Gasteiger partial charge on any atom is -0.378 e. The first-order valence-corrected chi connectivity index (χ1v) is 7.60. The zero-order valence-corrected chi connectivity index (χ0v) is 12.9. The summed E-state index contributed by atoms with van der Waals surface area (Å²) in [5.74, 6) is 0.109. The molecule has 0 aliphatic rings. The van der Waals surface area contributed by atoms with Gasteiger partial charge in [0, 0.05) is 25.3 Å². The maximum atomic E-state index is 12.4. The maximum Gasteiger partial charge on any atom is 0.169 e. The van der Waals surface area contributed by atoms with Gasteiger partial charge < -0.3 is 4.90 Å². The van der Waals surface area contributed by atoms with Crippen LogP contribution < -0.4 is 4.90 Å². The molecular formula is C17H16N2OS. The van der Waals surface area contributed by atoms with Crippen LogP contribution in [0.5, 0.6) is 0 Å². The van der Waals surface area contributed by atoms with E-state index in [1.54, 1.807) is 11.3 Å². The van der Waals surface area contributed by atoms with Gasteiger partial charge in [0.1, 0.15) is 5.01 Å². The highest BCUT2D eigenvalue weighted by Crippen LogP contribution is 2.23. The Balaban J connectivity index is 1.84. The monoisotopic (exact) mass is 296 g/mol. The standard InChI is InChI=1S/C17H16N2OS/c1-19(2)13-7-5-6-12(10-13)15(20)11-17-18-14-8-3-4-9-16(14)21-17/h3-10H,11H2,1-2H3. The van der Waals surface area contributed by atoms with E-state index in [9.17, 15) is 4.79 Å². The molecule has 4 heteroatoms. The van der Waals surface area contributed by atoms with E-state index in [4.69, 9.17) is 0 Å². The Bertz CT molecular complexity index is 759. The Morgan fingerprint density at radius 1 is 1.14 bits per heavy atom. The van der Waals surface area contributed by atoms with Crippen LogP contribution in [0.2, 0.25) is 0 Å². The van der Waals surface area contributed by atoms with E-state index in [-0.39, 0.29) is 5.78 Å². The Morgan fingerprint density at radius 2 is 1.95 bits per heavy atom. The highest BCUT2D eigenvalue weighted by Gasteiger charge is 2.11. The molecule has 1 aromatic heterocycles. The second kappa shape index (κ2) is 5.66. The van der Waals surface area contributed by atoms with Gasteiger partial charge >= 0.3 is 0 Å². The predicted molar refractivity (Wildman–Crippen MR) is 88.4 cm³/mol. The van der Waals surface area contributed by atoms with Crippen molar-refractivity contribution in [1.82, 2.24) is 4.98 Å². The topological polar surface area (TPSA) is 33.2 Å². The van der Waals surface area contributed by atoms with Crippen LogP contribution in [0.3, 0.4) is 0 Å². The van der Waals surface area contributed by atoms with Crippen LogP contribution in [0.4, 0.5) is 5.69 Å². The van der Waals surface area contributed by atoms with Crippen molar-refractivity contribution in [3.05, 3.63) is 59.1 Å². The average Bonchev–Trinajstić information content (AvgIpc) is 2.89. The lowest BCUT2D eigenvalue weighted by Crippen LogP contribution is -2.10. The number of Topliss-reactive ketones (excluding diaryl/α,β-unsaturated/α-hetero) is 1. The van der Waals surface area contributed by atoms with Crippen molar-refractivity contribution >= 4 is 33.0 Å². The third-order valence-electron chi connectivity index (χ3n) is 3.33. The van der Waals surface area contributed by atoms with E-state index < -0.39 is 0 Å². The lowest BCUT2D eigenvalue weighted by atomic mass is 10.1. The molecule has 0 fully saturated rings. The van der Waals surface area contributed by atoms with E-state index in [0.717, 1.165) is 26.5 Å². The molecule has 0 saturated carbocycles. The largest absolute Gasteiger partial charge is 0.378 e. The molecule has 0 N–H and O–H groups in total. The second-order valence-electron chi connectivity index (χ2n) is 5.12. The zero-order chi connectivity index (χ0) is 14.8. The van der Waals surface area contributed by atoms with Crippen molar-refractivity contribution in [1.29, 1.82) is 0 Å². The number of ketones is 1. The van der Waals surface area contributed by atoms with Gasteiger partial charge in [-0.05, 0) is 24.3 Å². The lowest BCUT2D eigenvalue weighted by molar-refractivity contribution is 0.0993. The number of anilines is 1. The fourth-order valence-electron chi connectivity index (χ4n) is 2.19. The molecule has 0 bridgehead atoms. The molecule has 3 nitrogen and oxygen atoms in total. The molecule has 1 heterocycles. The van der Waals surface area contributed by atoms with E-state index in [1.165, 1.54) is 0 Å². The fourth-order valence-corrected chi connectivity index (χ4v) is 3.16. The summed E-state index contributed by atoms with van der Waals surface area (Å²) in [5.41, 5.74) is 2.73. The Labute approximate surface area is 127 Å². The van der Waals surface area contributed by atoms with Crippen LogP contribution in [0.1, 0.15) is 15.4 Å². The van der Waals surface area contributed by atoms with Crippen molar-refractivity contribution in [2.24, 2.45) is 0 Å². The summed E-state index contributed by atoms with van der Waals surface area (Å²) < 4.78 is 1.13. The zero-order valence-electron chi connectivity index (χ0n) is 12.0. The van der Waals surface area contributed by atoms with Gasteiger partial charge in [-0.15, -0.1) is 11.3 Å². The predicted octanol–water partition coefficient (Wildman–Crippen LogP) is 3.79. The van der Waals surface area contributed by atoms with Crippen LogP contribution in [0.25, 0.3) is 10.2 Å². The number of aromatic nitrogens is 1. The van der Waals surface area contributed by atoms with Gasteiger partial charge in [0.05, 0.1) is 16.6 Å². The van der Waals surface area contributed by atoms with Crippen LogP contribution in [0.15, 0.2) is 48.5 Å². The van der Waals surface area contributed by atoms with Crippen molar-refractivity contribution in [3.8, 4) is 0 Å². The third kappa shape index (κ3) is 2.95. The molecule has 2 aromatic carbocycles. The number of thiazole rings is 1. The van der Waals surface area contributed by atoms with Crippen molar-refractivity contribution < 1.29 is 4.79 Å². The molecule has 0 aliphatic carbocycles. The van der Waals surface area contributed by atoms with Gasteiger partial charge in [-0.1, -0.05) is 24.3 Å². The summed E-state index contributed by atoms with van der Waals surface area (Å²) in [6, 6.07) is 15.7. The number of carbonyl (C=O) groups is 1. The number of fused-ring (bicyclic) bond motifs is 1. The molecule has 3 rings (SSSR count). The van der Waals surface area contributed by atoms with Gasteiger partial charge in [0.25, 0.3) is 0 Å². The second-order valence-corrected chi connectivity index (χ2v) is 6.24. The van der Waals surface area contributed by atoms with Gasteiger partial charge in [0.2, 0.25) is 0 Å². The van der Waals surface area contributed by atoms with E-state index >= 15 is 0 Å². The van der Waals surface area contributed by atoms with Gasteiger partial charge in [0.15, 0.2) is 5.78 Å². The van der Waals surface area contributed by atoms with Gasteiger partial charge in [-0.25, -0.2) is 4.98 Å². The van der Waals surface area contributed by atoms with Gasteiger partial charge in [-0.3, -0.25) is 4.79 Å². The quantitative estimate of drug-likeness (QED) is 0.687. The smallest absolute Gasteiger partial charge is 0.169 e. The molecule has 3 aromatic rings. The van der Waals surface area contributed by atoms with Crippen LogP contribution in [-0.4, -0.2) is 24.9 Å². The van der Waals surface area contributed by atoms with Crippen molar-refractivity contribution in [2.75, 3.05) is 19.0 Å². The minimum absolute atomic E-state index is 0.109. The first-order valence-electron chi connectivity index (χ1n) is 6.78. The number of para-hydroxylation sites is 1.